The van der Waals surface area contributed by atoms with Crippen molar-refractivity contribution in [3.05, 3.63) is 82.4 Å². The van der Waals surface area contributed by atoms with E-state index in [1.165, 1.54) is 18.3 Å². The van der Waals surface area contributed by atoms with E-state index in [4.69, 9.17) is 4.74 Å². The molecule has 25 heavy (non-hydrogen) atoms. The Hall–Kier alpha value is -3.48. The fourth-order valence-corrected chi connectivity index (χ4v) is 2.08. The monoisotopic (exact) mass is 339 g/mol. The highest BCUT2D eigenvalue weighted by atomic mass is 16.6. The van der Waals surface area contributed by atoms with Gasteiger partial charge in [0.1, 0.15) is 5.75 Å². The van der Waals surface area contributed by atoms with E-state index in [9.17, 15) is 14.9 Å². The maximum atomic E-state index is 11.8. The highest BCUT2D eigenvalue weighted by Crippen LogP contribution is 2.18. The highest BCUT2D eigenvalue weighted by molar-refractivity contribution is 5.86. The average Bonchev–Trinajstić information content (AvgIpc) is 2.61. The number of hydrogen-bond acceptors (Lipinski definition) is 5. The average molecular weight is 339 g/mol. The molecule has 0 aliphatic heterocycles. The largest absolute Gasteiger partial charge is 0.483 e. The molecule has 0 aromatic heterocycles. The van der Waals surface area contributed by atoms with Gasteiger partial charge in [-0.1, -0.05) is 36.4 Å². The number of amides is 1. The first-order valence-electron chi connectivity index (χ1n) is 7.48. The van der Waals surface area contributed by atoms with E-state index < -0.39 is 10.8 Å². The summed E-state index contributed by atoms with van der Waals surface area (Å²) in [6.07, 6.45) is 3.61. The topological polar surface area (TPSA) is 93.8 Å². The molecule has 1 N–H and O–H groups in total. The Morgan fingerprint density at radius 1 is 1.24 bits per heavy atom. The summed E-state index contributed by atoms with van der Waals surface area (Å²) in [6, 6.07) is 13.5. The second-order valence-corrected chi connectivity index (χ2v) is 5.00. The van der Waals surface area contributed by atoms with E-state index in [-0.39, 0.29) is 12.3 Å². The van der Waals surface area contributed by atoms with Gasteiger partial charge in [-0.2, -0.15) is 5.10 Å². The minimum absolute atomic E-state index is 0.0879. The van der Waals surface area contributed by atoms with Crippen molar-refractivity contribution in [1.82, 2.24) is 5.43 Å². The molecule has 0 radical (unpaired) electrons. The third kappa shape index (κ3) is 5.28. The van der Waals surface area contributed by atoms with Crippen LogP contribution in [0.3, 0.4) is 0 Å². The summed E-state index contributed by atoms with van der Waals surface area (Å²) >= 11 is 0. The van der Waals surface area contributed by atoms with Crippen molar-refractivity contribution in [3.63, 3.8) is 0 Å². The molecule has 0 atom stereocenters. The van der Waals surface area contributed by atoms with Crippen molar-refractivity contribution < 1.29 is 14.5 Å². The lowest BCUT2D eigenvalue weighted by Gasteiger charge is -2.09. The first-order valence-corrected chi connectivity index (χ1v) is 7.48. The van der Waals surface area contributed by atoms with Gasteiger partial charge < -0.3 is 4.74 Å². The summed E-state index contributed by atoms with van der Waals surface area (Å²) < 4.78 is 5.47. The van der Waals surface area contributed by atoms with Gasteiger partial charge in [-0.05, 0) is 24.1 Å². The normalized spacial score (nSPS) is 10.4. The summed E-state index contributed by atoms with van der Waals surface area (Å²) in [5.41, 5.74) is 3.41. The first-order chi connectivity index (χ1) is 12.1. The van der Waals surface area contributed by atoms with Gasteiger partial charge >= 0.3 is 0 Å². The number of benzene rings is 2. The molecule has 0 aliphatic carbocycles. The smallest absolute Gasteiger partial charge is 0.278 e. The van der Waals surface area contributed by atoms with Crippen LogP contribution >= 0.6 is 0 Å². The minimum atomic E-state index is -0.511. The molecule has 128 valence electrons. The van der Waals surface area contributed by atoms with Gasteiger partial charge in [0.15, 0.2) is 6.61 Å². The molecule has 0 heterocycles. The van der Waals surface area contributed by atoms with E-state index in [1.54, 1.807) is 24.3 Å². The lowest BCUT2D eigenvalue weighted by atomic mass is 10.1. The van der Waals surface area contributed by atoms with Gasteiger partial charge in [0, 0.05) is 6.07 Å². The Kier molecular flexibility index (Phi) is 6.41. The quantitative estimate of drug-likeness (QED) is 0.346. The Balaban J connectivity index is 1.91. The van der Waals surface area contributed by atoms with Gasteiger partial charge in [0.25, 0.3) is 11.6 Å². The van der Waals surface area contributed by atoms with Crippen LogP contribution in [0.4, 0.5) is 5.69 Å². The fraction of sp³-hybridized carbons (Fsp3) is 0.111. The Morgan fingerprint density at radius 2 is 1.96 bits per heavy atom. The number of hydrazone groups is 1. The Labute approximate surface area is 144 Å². The molecule has 2 rings (SSSR count). The van der Waals surface area contributed by atoms with E-state index in [0.717, 1.165) is 5.56 Å². The number of carbonyl (C=O) groups excluding carboxylic acids is 1. The maximum Gasteiger partial charge on any atom is 0.278 e. The lowest BCUT2D eigenvalue weighted by Crippen LogP contribution is -2.24. The number of nitro benzene ring substituents is 1. The van der Waals surface area contributed by atoms with Gasteiger partial charge in [0.2, 0.25) is 0 Å². The van der Waals surface area contributed by atoms with Gasteiger partial charge in [-0.25, -0.2) is 5.43 Å². The zero-order valence-corrected chi connectivity index (χ0v) is 13.4. The van der Waals surface area contributed by atoms with Gasteiger partial charge in [-0.15, -0.1) is 6.58 Å². The van der Waals surface area contributed by atoms with Gasteiger partial charge in [-0.3, -0.25) is 14.9 Å². The fourth-order valence-electron chi connectivity index (χ4n) is 2.08. The summed E-state index contributed by atoms with van der Waals surface area (Å²) in [5.74, 6) is 0.128. The summed E-state index contributed by atoms with van der Waals surface area (Å²) in [5, 5.41) is 14.6. The molecule has 0 aliphatic rings. The highest BCUT2D eigenvalue weighted by Gasteiger charge is 2.10. The molecule has 1 amide bonds. The predicted octanol–water partition coefficient (Wildman–Crippen LogP) is 2.85. The van der Waals surface area contributed by atoms with Gasteiger partial charge in [0.05, 0.1) is 16.7 Å². The summed E-state index contributed by atoms with van der Waals surface area (Å²) in [6.45, 7) is 3.46. The second-order valence-electron chi connectivity index (χ2n) is 5.00. The van der Waals surface area contributed by atoms with E-state index >= 15 is 0 Å². The molecule has 0 fully saturated rings. The van der Waals surface area contributed by atoms with Crippen LogP contribution in [0.1, 0.15) is 11.1 Å². The van der Waals surface area contributed by atoms with Crippen molar-refractivity contribution in [3.8, 4) is 5.75 Å². The third-order valence-corrected chi connectivity index (χ3v) is 3.22. The van der Waals surface area contributed by atoms with Crippen LogP contribution < -0.4 is 10.2 Å². The van der Waals surface area contributed by atoms with E-state index in [0.29, 0.717) is 17.7 Å². The van der Waals surface area contributed by atoms with Crippen LogP contribution in [0, 0.1) is 10.1 Å². The lowest BCUT2D eigenvalue weighted by molar-refractivity contribution is -0.385. The number of nitro groups is 1. The Morgan fingerprint density at radius 3 is 2.72 bits per heavy atom. The molecule has 0 unspecified atom stereocenters. The van der Waals surface area contributed by atoms with Crippen molar-refractivity contribution in [2.45, 2.75) is 6.42 Å². The molecule has 7 heteroatoms. The molecule has 0 spiro atoms. The first kappa shape index (κ1) is 17.9. The molecule has 0 bridgehead atoms. The number of para-hydroxylation sites is 2. The van der Waals surface area contributed by atoms with E-state index in [2.05, 4.69) is 17.1 Å². The molecular weight excluding hydrogens is 322 g/mol. The molecule has 0 saturated heterocycles. The van der Waals surface area contributed by atoms with Crippen LogP contribution in [0.25, 0.3) is 0 Å². The maximum absolute atomic E-state index is 11.8. The van der Waals surface area contributed by atoms with Crippen LogP contribution in [0.5, 0.6) is 5.75 Å². The second kappa shape index (κ2) is 8.97. The standard InChI is InChI=1S/C18H17N3O4/c1-2-7-14-8-4-6-11-17(14)25-13-18(22)20-19-12-15-9-3-5-10-16(15)21(23)24/h2-6,8-12H,1,7,13H2,(H,20,22). The summed E-state index contributed by atoms with van der Waals surface area (Å²) in [4.78, 5) is 22.2. The molecule has 2 aromatic rings. The molecule has 0 saturated carbocycles. The number of allylic oxidation sites excluding steroid dienone is 1. The van der Waals surface area contributed by atoms with Crippen molar-refractivity contribution in [2.24, 2.45) is 5.10 Å². The predicted molar refractivity (Wildman–Crippen MR) is 94.7 cm³/mol. The number of ether oxygens (including phenoxy) is 1. The van der Waals surface area contributed by atoms with Crippen LogP contribution in [0.15, 0.2) is 66.3 Å². The van der Waals surface area contributed by atoms with Crippen LogP contribution in [-0.2, 0) is 11.2 Å². The number of hydrogen-bond donors (Lipinski definition) is 1. The number of carbonyl (C=O) groups is 1. The zero-order valence-electron chi connectivity index (χ0n) is 13.4. The number of nitrogens with one attached hydrogen (secondary N) is 1. The van der Waals surface area contributed by atoms with Crippen molar-refractivity contribution in [2.75, 3.05) is 6.61 Å². The minimum Gasteiger partial charge on any atom is -0.483 e. The van der Waals surface area contributed by atoms with E-state index in [1.807, 2.05) is 18.2 Å². The molecule has 2 aromatic carbocycles. The zero-order chi connectivity index (χ0) is 18.1. The SMILES string of the molecule is C=CCc1ccccc1OCC(=O)NN=Cc1ccccc1[N+](=O)[O-]. The third-order valence-electron chi connectivity index (χ3n) is 3.22. The molecule has 7 nitrogen and oxygen atoms in total. The van der Waals surface area contributed by atoms with Crippen LogP contribution in [-0.4, -0.2) is 23.7 Å². The molecular formula is C18H17N3O4. The van der Waals surface area contributed by atoms with Crippen molar-refractivity contribution in [1.29, 1.82) is 0 Å². The Bertz CT molecular complexity index is 802. The number of nitrogens with zero attached hydrogens (tertiary/aromatic N) is 2. The number of rotatable bonds is 8. The van der Waals surface area contributed by atoms with Crippen molar-refractivity contribution >= 4 is 17.8 Å². The summed E-state index contributed by atoms with van der Waals surface area (Å²) in [7, 11) is 0. The van der Waals surface area contributed by atoms with Crippen LogP contribution in [0.2, 0.25) is 0 Å².